The van der Waals surface area contributed by atoms with E-state index in [4.69, 9.17) is 0 Å². The van der Waals surface area contributed by atoms with Crippen LogP contribution in [-0.2, 0) is 12.8 Å². The SMILES string of the molecule is Cc1nc2cc(Cc3ccccc3)c(Cc3ccccc3)cc2cc1O. The van der Waals surface area contributed by atoms with Crippen LogP contribution in [-0.4, -0.2) is 10.1 Å². The molecular formula is C24H21NO. The fraction of sp³-hybridized carbons (Fsp3) is 0.125. The molecule has 2 nitrogen and oxygen atoms in total. The van der Waals surface area contributed by atoms with E-state index in [2.05, 4.69) is 65.6 Å². The van der Waals surface area contributed by atoms with E-state index in [0.717, 1.165) is 23.7 Å². The van der Waals surface area contributed by atoms with Crippen LogP contribution in [0.4, 0.5) is 0 Å². The predicted octanol–water partition coefficient (Wildman–Crippen LogP) is 5.43. The molecule has 4 aromatic rings. The zero-order chi connectivity index (χ0) is 17.9. The van der Waals surface area contributed by atoms with Crippen molar-refractivity contribution in [1.29, 1.82) is 0 Å². The summed E-state index contributed by atoms with van der Waals surface area (Å²) in [7, 11) is 0. The second kappa shape index (κ2) is 7.01. The Balaban J connectivity index is 1.82. The molecule has 0 unspecified atom stereocenters. The summed E-state index contributed by atoms with van der Waals surface area (Å²) in [6.45, 7) is 1.84. The van der Waals surface area contributed by atoms with E-state index in [9.17, 15) is 5.11 Å². The Morgan fingerprint density at radius 1 is 0.731 bits per heavy atom. The van der Waals surface area contributed by atoms with Crippen molar-refractivity contribution < 1.29 is 5.11 Å². The third-order valence-corrected chi connectivity index (χ3v) is 4.77. The first-order valence-corrected chi connectivity index (χ1v) is 8.89. The van der Waals surface area contributed by atoms with E-state index in [0.29, 0.717) is 5.69 Å². The minimum Gasteiger partial charge on any atom is -0.506 e. The molecule has 0 atom stereocenters. The molecule has 3 aromatic carbocycles. The van der Waals surface area contributed by atoms with Gasteiger partial charge in [0.05, 0.1) is 11.2 Å². The van der Waals surface area contributed by atoms with Crippen LogP contribution < -0.4 is 0 Å². The van der Waals surface area contributed by atoms with Gasteiger partial charge in [-0.2, -0.15) is 0 Å². The van der Waals surface area contributed by atoms with Crippen LogP contribution in [0.15, 0.2) is 78.9 Å². The van der Waals surface area contributed by atoms with Crippen molar-refractivity contribution in [3.05, 3.63) is 107 Å². The molecule has 0 saturated carbocycles. The second-order valence-corrected chi connectivity index (χ2v) is 6.73. The number of hydrogen-bond donors (Lipinski definition) is 1. The zero-order valence-electron chi connectivity index (χ0n) is 14.8. The molecular weight excluding hydrogens is 318 g/mol. The van der Waals surface area contributed by atoms with Crippen LogP contribution in [0.5, 0.6) is 5.75 Å². The monoisotopic (exact) mass is 339 g/mol. The maximum Gasteiger partial charge on any atom is 0.137 e. The first kappa shape index (κ1) is 16.3. The van der Waals surface area contributed by atoms with Crippen LogP contribution in [0, 0.1) is 6.92 Å². The maximum absolute atomic E-state index is 10.0. The van der Waals surface area contributed by atoms with Gasteiger partial charge in [-0.25, -0.2) is 4.98 Å². The van der Waals surface area contributed by atoms with Gasteiger partial charge in [0.25, 0.3) is 0 Å². The third-order valence-electron chi connectivity index (χ3n) is 4.77. The number of hydrogen-bond acceptors (Lipinski definition) is 2. The molecule has 2 heteroatoms. The fourth-order valence-electron chi connectivity index (χ4n) is 3.36. The van der Waals surface area contributed by atoms with E-state index >= 15 is 0 Å². The van der Waals surface area contributed by atoms with Gasteiger partial charge in [0.2, 0.25) is 0 Å². The standard InChI is InChI=1S/C24H21NO/c1-17-24(26)16-22-14-20(12-18-8-4-2-5-9-18)21(15-23(22)25-17)13-19-10-6-3-7-11-19/h2-11,14-16,26H,12-13H2,1H3. The van der Waals surface area contributed by atoms with E-state index < -0.39 is 0 Å². The lowest BCUT2D eigenvalue weighted by Crippen LogP contribution is -1.99. The van der Waals surface area contributed by atoms with E-state index in [1.54, 1.807) is 0 Å². The van der Waals surface area contributed by atoms with Gasteiger partial charge in [-0.15, -0.1) is 0 Å². The molecule has 0 aliphatic carbocycles. The lowest BCUT2D eigenvalue weighted by atomic mass is 9.93. The number of aromatic nitrogens is 1. The highest BCUT2D eigenvalue weighted by molar-refractivity contribution is 5.82. The summed E-state index contributed by atoms with van der Waals surface area (Å²) >= 11 is 0. The lowest BCUT2D eigenvalue weighted by molar-refractivity contribution is 0.469. The summed E-state index contributed by atoms with van der Waals surface area (Å²) < 4.78 is 0. The Hall–Kier alpha value is -3.13. The quantitative estimate of drug-likeness (QED) is 0.538. The largest absolute Gasteiger partial charge is 0.506 e. The van der Waals surface area contributed by atoms with Gasteiger partial charge in [0.15, 0.2) is 0 Å². The Morgan fingerprint density at radius 2 is 1.27 bits per heavy atom. The Kier molecular flexibility index (Phi) is 4.40. The predicted molar refractivity (Wildman–Crippen MR) is 107 cm³/mol. The number of fused-ring (bicyclic) bond motifs is 1. The Morgan fingerprint density at radius 3 is 1.85 bits per heavy atom. The van der Waals surface area contributed by atoms with Gasteiger partial charge >= 0.3 is 0 Å². The molecule has 0 aliphatic heterocycles. The van der Waals surface area contributed by atoms with Gasteiger partial charge in [-0.3, -0.25) is 0 Å². The smallest absolute Gasteiger partial charge is 0.137 e. The Labute approximate surface area is 153 Å². The molecule has 1 N–H and O–H groups in total. The number of nitrogens with zero attached hydrogens (tertiary/aromatic N) is 1. The highest BCUT2D eigenvalue weighted by Gasteiger charge is 2.10. The van der Waals surface area contributed by atoms with Gasteiger partial charge < -0.3 is 5.11 Å². The van der Waals surface area contributed by atoms with Crippen molar-refractivity contribution >= 4 is 10.9 Å². The average Bonchev–Trinajstić information content (AvgIpc) is 2.65. The molecule has 0 bridgehead atoms. The third kappa shape index (κ3) is 3.45. The van der Waals surface area contributed by atoms with Crippen molar-refractivity contribution in [1.82, 2.24) is 4.98 Å². The van der Waals surface area contributed by atoms with E-state index in [-0.39, 0.29) is 5.75 Å². The molecule has 0 aliphatic rings. The topological polar surface area (TPSA) is 33.1 Å². The highest BCUT2D eigenvalue weighted by atomic mass is 16.3. The van der Waals surface area contributed by atoms with Crippen molar-refractivity contribution in [2.24, 2.45) is 0 Å². The molecule has 26 heavy (non-hydrogen) atoms. The molecule has 4 rings (SSSR count). The minimum atomic E-state index is 0.249. The van der Waals surface area contributed by atoms with Gasteiger partial charge in [-0.1, -0.05) is 60.7 Å². The van der Waals surface area contributed by atoms with E-state index in [1.807, 2.05) is 25.1 Å². The molecule has 0 saturated heterocycles. The fourth-order valence-corrected chi connectivity index (χ4v) is 3.36. The number of benzene rings is 3. The van der Waals surface area contributed by atoms with Crippen molar-refractivity contribution in [2.45, 2.75) is 19.8 Å². The van der Waals surface area contributed by atoms with Crippen LogP contribution in [0.1, 0.15) is 27.9 Å². The first-order chi connectivity index (χ1) is 12.7. The van der Waals surface area contributed by atoms with E-state index in [1.165, 1.54) is 22.3 Å². The average molecular weight is 339 g/mol. The number of pyridine rings is 1. The van der Waals surface area contributed by atoms with Crippen LogP contribution in [0.3, 0.4) is 0 Å². The summed E-state index contributed by atoms with van der Waals surface area (Å²) in [5.74, 6) is 0.249. The van der Waals surface area contributed by atoms with Gasteiger partial charge in [0, 0.05) is 5.39 Å². The van der Waals surface area contributed by atoms with Crippen molar-refractivity contribution in [3.63, 3.8) is 0 Å². The lowest BCUT2D eigenvalue weighted by Gasteiger charge is -2.13. The molecule has 0 spiro atoms. The molecule has 0 amide bonds. The molecule has 0 fully saturated rings. The van der Waals surface area contributed by atoms with Crippen LogP contribution in [0.25, 0.3) is 10.9 Å². The van der Waals surface area contributed by atoms with Crippen LogP contribution in [0.2, 0.25) is 0 Å². The summed E-state index contributed by atoms with van der Waals surface area (Å²) in [4.78, 5) is 4.58. The first-order valence-electron chi connectivity index (χ1n) is 8.89. The zero-order valence-corrected chi connectivity index (χ0v) is 14.8. The second-order valence-electron chi connectivity index (χ2n) is 6.73. The highest BCUT2D eigenvalue weighted by Crippen LogP contribution is 2.27. The summed E-state index contributed by atoms with van der Waals surface area (Å²) in [5, 5.41) is 11.0. The van der Waals surface area contributed by atoms with Crippen LogP contribution >= 0.6 is 0 Å². The van der Waals surface area contributed by atoms with Crippen molar-refractivity contribution in [2.75, 3.05) is 0 Å². The summed E-state index contributed by atoms with van der Waals surface area (Å²) in [6.07, 6.45) is 1.74. The van der Waals surface area contributed by atoms with Gasteiger partial charge in [-0.05, 0) is 60.2 Å². The summed E-state index contributed by atoms with van der Waals surface area (Å²) in [6, 6.07) is 27.2. The normalized spacial score (nSPS) is 11.0. The molecule has 1 aromatic heterocycles. The molecule has 1 heterocycles. The minimum absolute atomic E-state index is 0.249. The number of aromatic hydroxyl groups is 1. The van der Waals surface area contributed by atoms with Gasteiger partial charge in [0.1, 0.15) is 5.75 Å². The number of rotatable bonds is 4. The Bertz CT molecular complexity index is 954. The molecule has 0 radical (unpaired) electrons. The number of aryl methyl sites for hydroxylation is 1. The van der Waals surface area contributed by atoms with Crippen molar-refractivity contribution in [3.8, 4) is 5.75 Å². The summed E-state index contributed by atoms with van der Waals surface area (Å²) in [5.41, 5.74) is 6.73. The maximum atomic E-state index is 10.0. The molecule has 128 valence electrons.